The van der Waals surface area contributed by atoms with Crippen LogP contribution in [-0.2, 0) is 11.3 Å². The lowest BCUT2D eigenvalue weighted by Crippen LogP contribution is -2.42. The predicted molar refractivity (Wildman–Crippen MR) is 120 cm³/mol. The Labute approximate surface area is 189 Å². The minimum absolute atomic E-state index is 0.0450. The number of hydrogen-bond acceptors (Lipinski definition) is 7. The van der Waals surface area contributed by atoms with Gasteiger partial charge in [-0.15, -0.1) is 0 Å². The summed E-state index contributed by atoms with van der Waals surface area (Å²) < 4.78 is 12.0. The van der Waals surface area contributed by atoms with Crippen molar-refractivity contribution in [1.82, 2.24) is 20.6 Å². The number of hydrogen-bond donors (Lipinski definition) is 2. The van der Waals surface area contributed by atoms with Crippen LogP contribution in [0.25, 0.3) is 10.8 Å². The smallest absolute Gasteiger partial charge is 0.290 e. The van der Waals surface area contributed by atoms with Gasteiger partial charge in [0, 0.05) is 24.4 Å². The number of aromatic nitrogens is 2. The van der Waals surface area contributed by atoms with Crippen LogP contribution in [0, 0.1) is 11.3 Å². The SMILES string of the molecule is CCn1nc(C(=O)NNC(=O)CCCOc2ccc(C#N)cc2OC)c2ccccc2c1=O. The first-order valence-corrected chi connectivity index (χ1v) is 10.3. The third kappa shape index (κ3) is 5.46. The summed E-state index contributed by atoms with van der Waals surface area (Å²) in [4.78, 5) is 37.1. The number of nitrogens with zero attached hydrogens (tertiary/aromatic N) is 3. The molecule has 170 valence electrons. The molecule has 2 N–H and O–H groups in total. The van der Waals surface area contributed by atoms with Crippen LogP contribution in [0.15, 0.2) is 47.3 Å². The fourth-order valence-corrected chi connectivity index (χ4v) is 3.14. The Morgan fingerprint density at radius 1 is 1.12 bits per heavy atom. The minimum atomic E-state index is -0.625. The van der Waals surface area contributed by atoms with E-state index < -0.39 is 11.8 Å². The number of ether oxygens (including phenoxy) is 2. The molecular weight excluding hydrogens is 426 g/mol. The first-order valence-electron chi connectivity index (χ1n) is 10.3. The molecule has 2 aromatic carbocycles. The molecule has 1 heterocycles. The predicted octanol–water partition coefficient (Wildman–Crippen LogP) is 1.92. The van der Waals surface area contributed by atoms with Crippen LogP contribution < -0.4 is 25.9 Å². The molecule has 0 aliphatic heterocycles. The van der Waals surface area contributed by atoms with Gasteiger partial charge in [-0.1, -0.05) is 18.2 Å². The fourth-order valence-electron chi connectivity index (χ4n) is 3.14. The fraction of sp³-hybridized carbons (Fsp3) is 0.261. The van der Waals surface area contributed by atoms with E-state index in [-0.39, 0.29) is 24.3 Å². The Bertz CT molecular complexity index is 1280. The van der Waals surface area contributed by atoms with Gasteiger partial charge in [-0.2, -0.15) is 10.4 Å². The van der Waals surface area contributed by atoms with Gasteiger partial charge in [-0.25, -0.2) is 4.68 Å². The first-order chi connectivity index (χ1) is 16.0. The van der Waals surface area contributed by atoms with Crippen LogP contribution in [0.4, 0.5) is 0 Å². The van der Waals surface area contributed by atoms with Crippen LogP contribution in [0.2, 0.25) is 0 Å². The lowest BCUT2D eigenvalue weighted by molar-refractivity contribution is -0.122. The van der Waals surface area contributed by atoms with E-state index in [4.69, 9.17) is 14.7 Å². The van der Waals surface area contributed by atoms with E-state index in [1.807, 2.05) is 6.07 Å². The van der Waals surface area contributed by atoms with E-state index in [0.717, 1.165) is 0 Å². The zero-order valence-electron chi connectivity index (χ0n) is 18.3. The molecule has 0 radical (unpaired) electrons. The second kappa shape index (κ2) is 10.8. The van der Waals surface area contributed by atoms with E-state index in [0.29, 0.717) is 40.8 Å². The maximum atomic E-state index is 12.6. The monoisotopic (exact) mass is 449 g/mol. The average Bonchev–Trinajstić information content (AvgIpc) is 2.85. The van der Waals surface area contributed by atoms with E-state index in [1.165, 1.54) is 11.8 Å². The van der Waals surface area contributed by atoms with Gasteiger partial charge in [-0.05, 0) is 31.5 Å². The van der Waals surface area contributed by atoms with Gasteiger partial charge in [0.15, 0.2) is 17.2 Å². The number of nitrogens with one attached hydrogen (secondary N) is 2. The summed E-state index contributed by atoms with van der Waals surface area (Å²) in [6, 6.07) is 13.5. The Kier molecular flexibility index (Phi) is 7.60. The Morgan fingerprint density at radius 3 is 2.58 bits per heavy atom. The van der Waals surface area contributed by atoms with Crippen molar-refractivity contribution in [3.8, 4) is 17.6 Å². The summed E-state index contributed by atoms with van der Waals surface area (Å²) in [6.07, 6.45) is 0.480. The number of fused-ring (bicyclic) bond motifs is 1. The third-order valence-electron chi connectivity index (χ3n) is 4.80. The van der Waals surface area contributed by atoms with Crippen LogP contribution in [0.1, 0.15) is 35.8 Å². The zero-order chi connectivity index (χ0) is 23.8. The van der Waals surface area contributed by atoms with Gasteiger partial charge in [0.2, 0.25) is 5.91 Å². The molecule has 0 unspecified atom stereocenters. The second-order valence-corrected chi connectivity index (χ2v) is 6.95. The van der Waals surface area contributed by atoms with Crippen LogP contribution in [0.5, 0.6) is 11.5 Å². The highest BCUT2D eigenvalue weighted by atomic mass is 16.5. The number of nitriles is 1. The van der Waals surface area contributed by atoms with Gasteiger partial charge in [-0.3, -0.25) is 25.2 Å². The highest BCUT2D eigenvalue weighted by molar-refractivity contribution is 6.05. The van der Waals surface area contributed by atoms with E-state index in [1.54, 1.807) is 49.4 Å². The zero-order valence-corrected chi connectivity index (χ0v) is 18.3. The van der Waals surface area contributed by atoms with Crippen molar-refractivity contribution in [2.75, 3.05) is 13.7 Å². The van der Waals surface area contributed by atoms with E-state index in [9.17, 15) is 14.4 Å². The van der Waals surface area contributed by atoms with Gasteiger partial charge < -0.3 is 9.47 Å². The van der Waals surface area contributed by atoms with Crippen molar-refractivity contribution >= 4 is 22.6 Å². The van der Waals surface area contributed by atoms with Gasteiger partial charge in [0.25, 0.3) is 11.5 Å². The van der Waals surface area contributed by atoms with Crippen molar-refractivity contribution in [3.05, 3.63) is 64.1 Å². The van der Waals surface area contributed by atoms with Crippen molar-refractivity contribution in [3.63, 3.8) is 0 Å². The summed E-state index contributed by atoms with van der Waals surface area (Å²) in [5.41, 5.74) is 4.91. The Morgan fingerprint density at radius 2 is 1.88 bits per heavy atom. The molecule has 10 heteroatoms. The summed E-state index contributed by atoms with van der Waals surface area (Å²) in [7, 11) is 1.48. The van der Waals surface area contributed by atoms with Gasteiger partial charge in [0.05, 0.1) is 30.7 Å². The molecule has 0 saturated heterocycles. The number of benzene rings is 2. The summed E-state index contributed by atoms with van der Waals surface area (Å²) >= 11 is 0. The van der Waals surface area contributed by atoms with Crippen molar-refractivity contribution in [1.29, 1.82) is 5.26 Å². The number of aryl methyl sites for hydroxylation is 1. The summed E-state index contributed by atoms with van der Waals surface area (Å²) in [6.45, 7) is 2.29. The molecule has 0 aliphatic rings. The van der Waals surface area contributed by atoms with Crippen molar-refractivity contribution in [2.45, 2.75) is 26.3 Å². The molecule has 0 bridgehead atoms. The van der Waals surface area contributed by atoms with Crippen LogP contribution >= 0.6 is 0 Å². The molecular formula is C23H23N5O5. The maximum Gasteiger partial charge on any atom is 0.290 e. The van der Waals surface area contributed by atoms with Crippen molar-refractivity contribution in [2.24, 2.45) is 0 Å². The molecule has 33 heavy (non-hydrogen) atoms. The summed E-state index contributed by atoms with van der Waals surface area (Å²) in [5.74, 6) is -0.139. The van der Waals surface area contributed by atoms with E-state index >= 15 is 0 Å². The lowest BCUT2D eigenvalue weighted by Gasteiger charge is -2.12. The highest BCUT2D eigenvalue weighted by Gasteiger charge is 2.16. The minimum Gasteiger partial charge on any atom is -0.493 e. The van der Waals surface area contributed by atoms with Crippen molar-refractivity contribution < 1.29 is 19.1 Å². The average molecular weight is 449 g/mol. The number of carbonyl (C=O) groups excluding carboxylic acids is 2. The summed E-state index contributed by atoms with van der Waals surface area (Å²) in [5, 5.41) is 13.8. The second-order valence-electron chi connectivity index (χ2n) is 6.95. The molecule has 0 aliphatic carbocycles. The molecule has 0 atom stereocenters. The molecule has 0 saturated carbocycles. The molecule has 2 amide bonds. The first kappa shape index (κ1) is 23.3. The maximum absolute atomic E-state index is 12.6. The molecule has 3 rings (SSSR count). The molecule has 3 aromatic rings. The van der Waals surface area contributed by atoms with Crippen LogP contribution in [-0.4, -0.2) is 35.3 Å². The van der Waals surface area contributed by atoms with Gasteiger partial charge in [0.1, 0.15) is 0 Å². The standard InChI is InChI=1S/C23H23N5O5/c1-3-28-23(31)17-8-5-4-7-16(17)21(27-28)22(30)26-25-20(29)9-6-12-33-18-11-10-15(14-24)13-19(18)32-2/h4-5,7-8,10-11,13H,3,6,9,12H2,1-2H3,(H,25,29)(H,26,30). The normalized spacial score (nSPS) is 10.3. The third-order valence-corrected chi connectivity index (χ3v) is 4.80. The van der Waals surface area contributed by atoms with Crippen LogP contribution in [0.3, 0.4) is 0 Å². The number of hydrazine groups is 1. The molecule has 0 fully saturated rings. The Hall–Kier alpha value is -4.39. The largest absolute Gasteiger partial charge is 0.493 e. The lowest BCUT2D eigenvalue weighted by atomic mass is 10.1. The van der Waals surface area contributed by atoms with Gasteiger partial charge >= 0.3 is 0 Å². The molecule has 10 nitrogen and oxygen atoms in total. The molecule has 0 spiro atoms. The Balaban J connectivity index is 1.54. The van der Waals surface area contributed by atoms with E-state index in [2.05, 4.69) is 16.0 Å². The number of amides is 2. The number of methoxy groups -OCH3 is 1. The number of carbonyl (C=O) groups is 2. The molecule has 1 aromatic heterocycles. The number of rotatable bonds is 8. The quantitative estimate of drug-likeness (QED) is 0.396. The highest BCUT2D eigenvalue weighted by Crippen LogP contribution is 2.27. The topological polar surface area (TPSA) is 135 Å².